The summed E-state index contributed by atoms with van der Waals surface area (Å²) in [5, 5.41) is 12.0. The Morgan fingerprint density at radius 2 is 2.05 bits per heavy atom. The molecule has 116 valence electrons. The second kappa shape index (κ2) is 6.76. The SMILES string of the molecule is CC(C)(O)C#Cc1ccc(C(=O)NCCNS(C)(=O)=O)o1. The Labute approximate surface area is 123 Å². The van der Waals surface area contributed by atoms with Crippen molar-refractivity contribution in [3.05, 3.63) is 23.7 Å². The van der Waals surface area contributed by atoms with E-state index < -0.39 is 21.5 Å². The van der Waals surface area contributed by atoms with Gasteiger partial charge in [-0.25, -0.2) is 13.1 Å². The number of furan rings is 1. The van der Waals surface area contributed by atoms with Crippen molar-refractivity contribution in [3.63, 3.8) is 0 Å². The van der Waals surface area contributed by atoms with Gasteiger partial charge < -0.3 is 14.8 Å². The van der Waals surface area contributed by atoms with Crippen LogP contribution in [0.5, 0.6) is 0 Å². The van der Waals surface area contributed by atoms with Crippen LogP contribution in [0.4, 0.5) is 0 Å². The molecule has 1 heterocycles. The maximum absolute atomic E-state index is 11.7. The van der Waals surface area contributed by atoms with E-state index >= 15 is 0 Å². The average molecular weight is 314 g/mol. The van der Waals surface area contributed by atoms with E-state index in [2.05, 4.69) is 21.9 Å². The molecule has 7 nitrogen and oxygen atoms in total. The molecule has 0 saturated carbocycles. The number of rotatable bonds is 5. The molecule has 0 fully saturated rings. The Morgan fingerprint density at radius 1 is 1.38 bits per heavy atom. The third-order valence-electron chi connectivity index (χ3n) is 2.10. The van der Waals surface area contributed by atoms with Crippen molar-refractivity contribution in [2.45, 2.75) is 19.4 Å². The molecule has 1 rings (SSSR count). The minimum Gasteiger partial charge on any atom is -0.443 e. The maximum Gasteiger partial charge on any atom is 0.287 e. The predicted octanol–water partition coefficient (Wildman–Crippen LogP) is -0.319. The lowest BCUT2D eigenvalue weighted by Crippen LogP contribution is -2.34. The fourth-order valence-corrected chi connectivity index (χ4v) is 1.71. The molecule has 1 aromatic heterocycles. The van der Waals surface area contributed by atoms with Gasteiger partial charge in [-0.05, 0) is 31.9 Å². The first-order valence-corrected chi connectivity index (χ1v) is 8.04. The molecule has 0 aliphatic rings. The number of hydrogen-bond donors (Lipinski definition) is 3. The quantitative estimate of drug-likeness (QED) is 0.510. The molecule has 0 bridgehead atoms. The number of nitrogens with one attached hydrogen (secondary N) is 2. The summed E-state index contributed by atoms with van der Waals surface area (Å²) in [7, 11) is -3.27. The van der Waals surface area contributed by atoms with Crippen LogP contribution in [0.3, 0.4) is 0 Å². The number of hydrogen-bond acceptors (Lipinski definition) is 5. The van der Waals surface area contributed by atoms with Gasteiger partial charge in [0.1, 0.15) is 5.60 Å². The Morgan fingerprint density at radius 3 is 2.62 bits per heavy atom. The van der Waals surface area contributed by atoms with E-state index in [1.165, 1.54) is 26.0 Å². The first-order chi connectivity index (χ1) is 9.57. The van der Waals surface area contributed by atoms with Gasteiger partial charge in [0, 0.05) is 13.1 Å². The maximum atomic E-state index is 11.7. The van der Waals surface area contributed by atoms with Crippen LogP contribution < -0.4 is 10.0 Å². The van der Waals surface area contributed by atoms with Crippen LogP contribution in [0.1, 0.15) is 30.2 Å². The smallest absolute Gasteiger partial charge is 0.287 e. The Balaban J connectivity index is 2.52. The highest BCUT2D eigenvalue weighted by molar-refractivity contribution is 7.88. The van der Waals surface area contributed by atoms with Crippen LogP contribution in [0.2, 0.25) is 0 Å². The molecule has 21 heavy (non-hydrogen) atoms. The fraction of sp³-hybridized carbons (Fsp3) is 0.462. The average Bonchev–Trinajstić information content (AvgIpc) is 2.78. The van der Waals surface area contributed by atoms with E-state index in [9.17, 15) is 18.3 Å². The van der Waals surface area contributed by atoms with E-state index in [1.807, 2.05) is 0 Å². The fourth-order valence-electron chi connectivity index (χ4n) is 1.24. The summed E-state index contributed by atoms with van der Waals surface area (Å²) < 4.78 is 29.1. The topological polar surface area (TPSA) is 109 Å². The lowest BCUT2D eigenvalue weighted by atomic mass is 10.1. The number of carbonyl (C=O) groups is 1. The van der Waals surface area contributed by atoms with E-state index in [0.29, 0.717) is 0 Å². The van der Waals surface area contributed by atoms with Crippen molar-refractivity contribution in [3.8, 4) is 11.8 Å². The van der Waals surface area contributed by atoms with Gasteiger partial charge in [-0.3, -0.25) is 4.79 Å². The van der Waals surface area contributed by atoms with Gasteiger partial charge in [0.25, 0.3) is 5.91 Å². The Bertz CT molecular complexity index is 659. The highest BCUT2D eigenvalue weighted by Gasteiger charge is 2.11. The van der Waals surface area contributed by atoms with Gasteiger partial charge in [0.15, 0.2) is 11.5 Å². The molecule has 3 N–H and O–H groups in total. The van der Waals surface area contributed by atoms with Crippen molar-refractivity contribution in [1.82, 2.24) is 10.0 Å². The summed E-state index contributed by atoms with van der Waals surface area (Å²) in [5.74, 6) is 5.03. The molecule has 1 aromatic rings. The summed E-state index contributed by atoms with van der Waals surface area (Å²) >= 11 is 0. The lowest BCUT2D eigenvalue weighted by Gasteiger charge is -2.05. The summed E-state index contributed by atoms with van der Waals surface area (Å²) in [6.07, 6.45) is 1.04. The van der Waals surface area contributed by atoms with Crippen molar-refractivity contribution >= 4 is 15.9 Å². The summed E-state index contributed by atoms with van der Waals surface area (Å²) in [4.78, 5) is 11.7. The molecule has 0 unspecified atom stereocenters. The van der Waals surface area contributed by atoms with Crippen LogP contribution in [0.15, 0.2) is 16.5 Å². The Kier molecular flexibility index (Phi) is 5.54. The van der Waals surface area contributed by atoms with Crippen LogP contribution in [-0.4, -0.2) is 44.4 Å². The Hall–Kier alpha value is -1.82. The first-order valence-electron chi connectivity index (χ1n) is 6.15. The minimum atomic E-state index is -3.27. The van der Waals surface area contributed by atoms with Crippen molar-refractivity contribution < 1.29 is 22.7 Å². The summed E-state index contributed by atoms with van der Waals surface area (Å²) in [6.45, 7) is 3.30. The van der Waals surface area contributed by atoms with Crippen molar-refractivity contribution in [2.75, 3.05) is 19.3 Å². The van der Waals surface area contributed by atoms with Crippen LogP contribution in [0.25, 0.3) is 0 Å². The third-order valence-corrected chi connectivity index (χ3v) is 2.82. The molecule has 0 aromatic carbocycles. The highest BCUT2D eigenvalue weighted by atomic mass is 32.2. The predicted molar refractivity (Wildman–Crippen MR) is 77.1 cm³/mol. The van der Waals surface area contributed by atoms with E-state index in [4.69, 9.17) is 4.42 Å². The minimum absolute atomic E-state index is 0.0643. The number of amides is 1. The standard InChI is InChI=1S/C13H18N2O5S/c1-13(2,17)7-6-10-4-5-11(20-10)12(16)14-8-9-15-21(3,18)19/h4-5,15,17H,8-9H2,1-3H3,(H,14,16). The zero-order valence-corrected chi connectivity index (χ0v) is 12.9. The van der Waals surface area contributed by atoms with Gasteiger partial charge in [-0.1, -0.05) is 5.92 Å². The second-order valence-electron chi connectivity index (χ2n) is 4.90. The van der Waals surface area contributed by atoms with E-state index in [1.54, 1.807) is 0 Å². The number of carbonyl (C=O) groups excluding carboxylic acids is 1. The normalized spacial score (nSPS) is 11.6. The van der Waals surface area contributed by atoms with Gasteiger partial charge in [-0.15, -0.1) is 0 Å². The van der Waals surface area contributed by atoms with Crippen molar-refractivity contribution in [1.29, 1.82) is 0 Å². The molecule has 0 aliphatic heterocycles. The molecule has 0 atom stereocenters. The first kappa shape index (κ1) is 17.2. The summed E-state index contributed by atoms with van der Waals surface area (Å²) in [5.41, 5.74) is -1.15. The van der Waals surface area contributed by atoms with Gasteiger partial charge in [0.2, 0.25) is 10.0 Å². The van der Waals surface area contributed by atoms with Crippen LogP contribution in [0, 0.1) is 11.8 Å². The molecule has 0 radical (unpaired) electrons. The molecular weight excluding hydrogens is 296 g/mol. The summed E-state index contributed by atoms with van der Waals surface area (Å²) in [6, 6.07) is 2.97. The van der Waals surface area contributed by atoms with Gasteiger partial charge >= 0.3 is 0 Å². The van der Waals surface area contributed by atoms with E-state index in [0.717, 1.165) is 6.26 Å². The van der Waals surface area contributed by atoms with Gasteiger partial charge in [-0.2, -0.15) is 0 Å². The second-order valence-corrected chi connectivity index (χ2v) is 6.73. The van der Waals surface area contributed by atoms with Gasteiger partial charge in [0.05, 0.1) is 6.26 Å². The zero-order valence-electron chi connectivity index (χ0n) is 12.1. The molecule has 8 heteroatoms. The monoisotopic (exact) mass is 314 g/mol. The number of aliphatic hydroxyl groups is 1. The molecule has 0 aliphatic carbocycles. The van der Waals surface area contributed by atoms with Crippen molar-refractivity contribution in [2.24, 2.45) is 0 Å². The van der Waals surface area contributed by atoms with Crippen LogP contribution >= 0.6 is 0 Å². The zero-order chi connectivity index (χ0) is 16.1. The third kappa shape index (κ3) is 7.51. The highest BCUT2D eigenvalue weighted by Crippen LogP contribution is 2.07. The molecule has 1 amide bonds. The van der Waals surface area contributed by atoms with Crippen LogP contribution in [-0.2, 0) is 10.0 Å². The van der Waals surface area contributed by atoms with E-state index in [-0.39, 0.29) is 24.6 Å². The molecular formula is C13H18N2O5S. The number of sulfonamides is 1. The lowest BCUT2D eigenvalue weighted by molar-refractivity contribution is 0.0926. The largest absolute Gasteiger partial charge is 0.443 e. The molecule has 0 spiro atoms. The molecule has 0 saturated heterocycles.